The third-order valence-electron chi connectivity index (χ3n) is 2.35. The molecule has 1 N–H and O–H groups in total. The summed E-state index contributed by atoms with van der Waals surface area (Å²) in [5, 5.41) is 8.18. The van der Waals surface area contributed by atoms with Crippen molar-refractivity contribution in [2.24, 2.45) is 0 Å². The largest absolute Gasteiger partial charge is 0.481 e. The number of allylic oxidation sites excluding steroid dienone is 4. The summed E-state index contributed by atoms with van der Waals surface area (Å²) < 4.78 is 0. The minimum Gasteiger partial charge on any atom is -0.481 e. The van der Waals surface area contributed by atoms with Crippen LogP contribution in [0.1, 0.15) is 18.9 Å². The summed E-state index contributed by atoms with van der Waals surface area (Å²) in [5.74, 6) is -0.833. The van der Waals surface area contributed by atoms with Crippen LogP contribution in [0.25, 0.3) is 0 Å². The molecule has 1 atom stereocenters. The quantitative estimate of drug-likeness (QED) is 0.781. The van der Waals surface area contributed by atoms with E-state index in [-0.39, 0.29) is 0 Å². The van der Waals surface area contributed by atoms with Gasteiger partial charge in [0.05, 0.1) is 4.87 Å². The van der Waals surface area contributed by atoms with Gasteiger partial charge in [-0.25, -0.2) is 0 Å². The van der Waals surface area contributed by atoms with Crippen molar-refractivity contribution in [3.8, 4) is 0 Å². The summed E-state index contributed by atoms with van der Waals surface area (Å²) in [6.45, 7) is 1.08. The van der Waals surface area contributed by atoms with E-state index in [1.54, 1.807) is 0 Å². The predicted molar refractivity (Wildman–Crippen MR) is 75.0 cm³/mol. The van der Waals surface area contributed by atoms with Crippen molar-refractivity contribution in [1.29, 1.82) is 0 Å². The molecule has 1 aromatic carbocycles. The number of alkyl halides is 1. The number of aliphatic carboxylic acids is 1. The number of carbonyl (C=O) groups is 1. The van der Waals surface area contributed by atoms with Crippen LogP contribution >= 0.6 is 23.2 Å². The van der Waals surface area contributed by atoms with Gasteiger partial charge >= 0.3 is 0 Å². The zero-order valence-electron chi connectivity index (χ0n) is 9.94. The fraction of sp³-hybridized carbons (Fsp3) is 0.214. The van der Waals surface area contributed by atoms with Gasteiger partial charge in [-0.1, -0.05) is 54.1 Å². The molecule has 0 bridgehead atoms. The minimum absolute atomic E-state index is 0.417. The Hall–Kier alpha value is -1.25. The first-order valence-corrected chi connectivity index (χ1v) is 6.18. The van der Waals surface area contributed by atoms with E-state index < -0.39 is 10.8 Å². The molecular weight excluding hydrogens is 271 g/mol. The molecule has 0 fully saturated rings. The lowest BCUT2D eigenvalue weighted by atomic mass is 9.91. The van der Waals surface area contributed by atoms with Crippen LogP contribution in [0.15, 0.2) is 53.6 Å². The van der Waals surface area contributed by atoms with Gasteiger partial charge in [0, 0.05) is 12.0 Å². The summed E-state index contributed by atoms with van der Waals surface area (Å²) in [6, 6.07) is 10.0. The molecule has 0 radical (unpaired) electrons. The smallest absolute Gasteiger partial charge is 0.300 e. The number of hydrogen-bond acceptors (Lipinski definition) is 1. The molecule has 0 aromatic heterocycles. The lowest BCUT2D eigenvalue weighted by Gasteiger charge is -2.24. The molecule has 0 saturated heterocycles. The van der Waals surface area contributed by atoms with Crippen LogP contribution in [0, 0.1) is 0 Å². The number of carboxylic acids is 1. The van der Waals surface area contributed by atoms with Crippen LogP contribution in [-0.4, -0.2) is 11.1 Å². The first-order chi connectivity index (χ1) is 8.44. The van der Waals surface area contributed by atoms with Gasteiger partial charge in [-0.05, 0) is 18.1 Å². The van der Waals surface area contributed by atoms with Crippen molar-refractivity contribution in [3.05, 3.63) is 59.2 Å². The summed E-state index contributed by atoms with van der Waals surface area (Å²) in [7, 11) is 0. The van der Waals surface area contributed by atoms with Gasteiger partial charge in [0.15, 0.2) is 0 Å². The van der Waals surface area contributed by atoms with E-state index in [9.17, 15) is 0 Å². The van der Waals surface area contributed by atoms with E-state index in [1.807, 2.05) is 48.6 Å². The molecule has 1 aliphatic rings. The standard InChI is InChI=1S/C12H10Cl2.C2H4O2/c13-11-6-8-12(14,9-7-11)10-4-2-1-3-5-10;1-2(3)4/h1-8H,9H2;1H3,(H,3,4). The van der Waals surface area contributed by atoms with Crippen molar-refractivity contribution >= 4 is 29.2 Å². The van der Waals surface area contributed by atoms with Gasteiger partial charge in [-0.15, -0.1) is 11.6 Å². The zero-order chi connectivity index (χ0) is 13.6. The summed E-state index contributed by atoms with van der Waals surface area (Å²) in [4.78, 5) is 8.58. The Morgan fingerprint density at radius 1 is 1.33 bits per heavy atom. The normalized spacial score (nSPS) is 21.6. The molecule has 0 saturated carbocycles. The average molecular weight is 285 g/mol. The van der Waals surface area contributed by atoms with Crippen molar-refractivity contribution < 1.29 is 9.90 Å². The Bertz CT molecular complexity index is 462. The van der Waals surface area contributed by atoms with E-state index in [0.717, 1.165) is 23.9 Å². The SMILES string of the molecule is CC(=O)O.ClC1=CCC(Cl)(c2ccccc2)C=C1. The first-order valence-electron chi connectivity index (χ1n) is 5.43. The molecular formula is C14H14Cl2O2. The highest BCUT2D eigenvalue weighted by Crippen LogP contribution is 2.38. The number of hydrogen-bond donors (Lipinski definition) is 1. The molecule has 0 amide bonds. The molecule has 4 heteroatoms. The Balaban J connectivity index is 0.000000357. The molecule has 1 aromatic rings. The van der Waals surface area contributed by atoms with Crippen molar-refractivity contribution in [3.63, 3.8) is 0 Å². The van der Waals surface area contributed by atoms with E-state index in [0.29, 0.717) is 0 Å². The van der Waals surface area contributed by atoms with Crippen LogP contribution in [0.2, 0.25) is 0 Å². The molecule has 0 aliphatic heterocycles. The lowest BCUT2D eigenvalue weighted by Crippen LogP contribution is -2.16. The van der Waals surface area contributed by atoms with Gasteiger partial charge in [0.1, 0.15) is 0 Å². The van der Waals surface area contributed by atoms with E-state index in [4.69, 9.17) is 33.1 Å². The van der Waals surface area contributed by atoms with Crippen LogP contribution < -0.4 is 0 Å². The molecule has 1 aliphatic carbocycles. The van der Waals surface area contributed by atoms with Crippen molar-refractivity contribution in [2.45, 2.75) is 18.2 Å². The second kappa shape index (κ2) is 6.62. The molecule has 96 valence electrons. The average Bonchev–Trinajstić information content (AvgIpc) is 2.34. The number of rotatable bonds is 1. The monoisotopic (exact) mass is 284 g/mol. The van der Waals surface area contributed by atoms with Crippen LogP contribution in [0.5, 0.6) is 0 Å². The highest BCUT2D eigenvalue weighted by Gasteiger charge is 2.26. The van der Waals surface area contributed by atoms with Crippen LogP contribution in [0.4, 0.5) is 0 Å². The van der Waals surface area contributed by atoms with Gasteiger partial charge in [0.2, 0.25) is 0 Å². The maximum absolute atomic E-state index is 9.00. The molecule has 18 heavy (non-hydrogen) atoms. The van der Waals surface area contributed by atoms with Crippen molar-refractivity contribution in [2.75, 3.05) is 0 Å². The van der Waals surface area contributed by atoms with Gasteiger partial charge in [-0.2, -0.15) is 0 Å². The van der Waals surface area contributed by atoms with Crippen molar-refractivity contribution in [1.82, 2.24) is 0 Å². The third kappa shape index (κ3) is 4.55. The highest BCUT2D eigenvalue weighted by molar-refractivity contribution is 6.32. The predicted octanol–water partition coefficient (Wildman–Crippen LogP) is 4.29. The summed E-state index contributed by atoms with van der Waals surface area (Å²) in [6.07, 6.45) is 6.49. The zero-order valence-corrected chi connectivity index (χ0v) is 11.4. The fourth-order valence-corrected chi connectivity index (χ4v) is 1.93. The summed E-state index contributed by atoms with van der Waals surface area (Å²) >= 11 is 12.3. The molecule has 0 spiro atoms. The lowest BCUT2D eigenvalue weighted by molar-refractivity contribution is -0.134. The second-order valence-corrected chi connectivity index (χ2v) is 4.98. The minimum atomic E-state index is -0.833. The van der Waals surface area contributed by atoms with E-state index >= 15 is 0 Å². The second-order valence-electron chi connectivity index (χ2n) is 3.87. The number of carboxylic acid groups (broad SMARTS) is 1. The maximum atomic E-state index is 9.00. The maximum Gasteiger partial charge on any atom is 0.300 e. The van der Waals surface area contributed by atoms with E-state index in [2.05, 4.69) is 0 Å². The van der Waals surface area contributed by atoms with E-state index in [1.165, 1.54) is 0 Å². The third-order valence-corrected chi connectivity index (χ3v) is 3.13. The topological polar surface area (TPSA) is 37.3 Å². The molecule has 0 heterocycles. The molecule has 2 nitrogen and oxygen atoms in total. The van der Waals surface area contributed by atoms with Gasteiger partial charge in [-0.3, -0.25) is 4.79 Å². The molecule has 2 rings (SSSR count). The van der Waals surface area contributed by atoms with Gasteiger partial charge in [0.25, 0.3) is 5.97 Å². The van der Waals surface area contributed by atoms with Crippen LogP contribution in [0.3, 0.4) is 0 Å². The highest BCUT2D eigenvalue weighted by atomic mass is 35.5. The fourth-order valence-electron chi connectivity index (χ4n) is 1.52. The Morgan fingerprint density at radius 3 is 2.33 bits per heavy atom. The molecule has 1 unspecified atom stereocenters. The van der Waals surface area contributed by atoms with Gasteiger partial charge < -0.3 is 5.11 Å². The first kappa shape index (κ1) is 14.8. The number of benzene rings is 1. The Kier molecular flexibility index (Phi) is 5.45. The number of halogens is 2. The summed E-state index contributed by atoms with van der Waals surface area (Å²) in [5.41, 5.74) is 1.11. The van der Waals surface area contributed by atoms with Crippen LogP contribution in [-0.2, 0) is 9.67 Å². The Labute approximate surface area is 117 Å². The Morgan fingerprint density at radius 2 is 1.89 bits per heavy atom.